The van der Waals surface area contributed by atoms with Crippen molar-refractivity contribution in [2.45, 2.75) is 0 Å². The topological polar surface area (TPSA) is 56.0 Å². The van der Waals surface area contributed by atoms with E-state index >= 15 is 0 Å². The second-order valence-electron chi connectivity index (χ2n) is 0.890. The first-order valence-electron chi connectivity index (χ1n) is 1.66. The molecule has 0 saturated carbocycles. The Morgan fingerprint density at radius 3 is 2.71 bits per heavy atom. The molecule has 1 rings (SSSR count). The zero-order valence-corrected chi connectivity index (χ0v) is 3.37. The summed E-state index contributed by atoms with van der Waals surface area (Å²) in [6.45, 7) is 0. The Balaban J connectivity index is 3.28. The highest BCUT2D eigenvalue weighted by molar-refractivity contribution is 4.57. The molecule has 7 heavy (non-hydrogen) atoms. The third-order valence-electron chi connectivity index (χ3n) is 0.438. The van der Waals surface area contributed by atoms with Crippen LogP contribution in [-0.2, 0) is 0 Å². The van der Waals surface area contributed by atoms with Gasteiger partial charge in [-0.2, -0.15) is 4.98 Å². The highest BCUT2D eigenvalue weighted by Crippen LogP contribution is 1.57. The largest absolute Gasteiger partial charge is 0.459 e. The van der Waals surface area contributed by atoms with Gasteiger partial charge < -0.3 is 0 Å². The zero-order valence-electron chi connectivity index (χ0n) is 3.37. The molecular weight excluding hydrogens is 96.0 g/mol. The van der Waals surface area contributed by atoms with E-state index in [4.69, 9.17) is 0 Å². The molecule has 4 nitrogen and oxygen atoms in total. The van der Waals surface area contributed by atoms with Crippen molar-refractivity contribution in [1.29, 1.82) is 0 Å². The maximum atomic E-state index is 9.93. The lowest BCUT2D eigenvalue weighted by Gasteiger charge is -1.69. The van der Waals surface area contributed by atoms with Gasteiger partial charge in [0.2, 0.25) is 0 Å². The Labute approximate surface area is 38.8 Å². The molecule has 4 heteroatoms. The molecular formula is C3H2N2O2. The maximum Gasteiger partial charge on any atom is 0.459 e. The molecule has 0 aliphatic heterocycles. The summed E-state index contributed by atoms with van der Waals surface area (Å²) in [6.07, 6.45) is 2.56. The standard InChI is InChI=1S/C3H2N2O2/c6-3-4-1-2-5-7-3/h1-2H. The molecule has 0 unspecified atom stereocenters. The zero-order chi connectivity index (χ0) is 5.11. The first-order valence-corrected chi connectivity index (χ1v) is 1.66. The summed E-state index contributed by atoms with van der Waals surface area (Å²) in [5.41, 5.74) is 0. The minimum atomic E-state index is -0.664. The average molecular weight is 98.1 g/mol. The van der Waals surface area contributed by atoms with Gasteiger partial charge in [0.25, 0.3) is 0 Å². The van der Waals surface area contributed by atoms with Crippen LogP contribution in [0.25, 0.3) is 0 Å². The lowest BCUT2D eigenvalue weighted by atomic mass is 10.9. The summed E-state index contributed by atoms with van der Waals surface area (Å²) in [5.74, 6) is -0.664. The fourth-order valence-electron chi connectivity index (χ4n) is 0.220. The number of hydrogen-bond donors (Lipinski definition) is 0. The Hall–Kier alpha value is -1.19. The molecule has 1 aromatic rings. The minimum Gasteiger partial charge on any atom is -0.296 e. The van der Waals surface area contributed by atoms with E-state index < -0.39 is 5.76 Å². The van der Waals surface area contributed by atoms with E-state index in [0.717, 1.165) is 0 Å². The molecule has 1 aromatic heterocycles. The van der Waals surface area contributed by atoms with Crippen molar-refractivity contribution in [3.8, 4) is 0 Å². The smallest absolute Gasteiger partial charge is 0.296 e. The van der Waals surface area contributed by atoms with E-state index in [1.165, 1.54) is 12.4 Å². The van der Waals surface area contributed by atoms with Crippen molar-refractivity contribution in [2.75, 3.05) is 0 Å². The van der Waals surface area contributed by atoms with Crippen LogP contribution < -0.4 is 5.76 Å². The van der Waals surface area contributed by atoms with Gasteiger partial charge in [0.15, 0.2) is 0 Å². The number of aromatic nitrogens is 2. The molecule has 0 radical (unpaired) electrons. The van der Waals surface area contributed by atoms with Crippen molar-refractivity contribution in [1.82, 2.24) is 10.1 Å². The summed E-state index contributed by atoms with van der Waals surface area (Å²) in [5, 5.41) is 3.13. The van der Waals surface area contributed by atoms with E-state index in [-0.39, 0.29) is 0 Å². The Morgan fingerprint density at radius 1 is 1.57 bits per heavy atom. The maximum absolute atomic E-state index is 9.93. The Kier molecular flexibility index (Phi) is 0.856. The predicted molar refractivity (Wildman–Crippen MR) is 20.6 cm³/mol. The summed E-state index contributed by atoms with van der Waals surface area (Å²) in [4.78, 5) is 13.1. The van der Waals surface area contributed by atoms with Gasteiger partial charge in [-0.05, 0) is 0 Å². The van der Waals surface area contributed by atoms with Crippen LogP contribution >= 0.6 is 0 Å². The van der Waals surface area contributed by atoms with Crippen LogP contribution in [0, 0.1) is 0 Å². The molecule has 0 N–H and O–H groups in total. The van der Waals surface area contributed by atoms with E-state index in [1.54, 1.807) is 0 Å². The lowest BCUT2D eigenvalue weighted by molar-refractivity contribution is 0.350. The summed E-state index contributed by atoms with van der Waals surface area (Å²) in [6, 6.07) is 0. The van der Waals surface area contributed by atoms with Crippen LogP contribution in [0.1, 0.15) is 0 Å². The van der Waals surface area contributed by atoms with E-state index in [9.17, 15) is 4.79 Å². The van der Waals surface area contributed by atoms with E-state index in [2.05, 4.69) is 14.7 Å². The van der Waals surface area contributed by atoms with Gasteiger partial charge in [-0.15, -0.1) is 0 Å². The molecule has 0 spiro atoms. The number of rotatable bonds is 0. The summed E-state index contributed by atoms with van der Waals surface area (Å²) in [7, 11) is 0. The third kappa shape index (κ3) is 0.819. The van der Waals surface area contributed by atoms with Crippen LogP contribution in [-0.4, -0.2) is 10.1 Å². The molecule has 0 bridgehead atoms. The SMILES string of the molecule is O=c1nccno1. The third-order valence-corrected chi connectivity index (χ3v) is 0.438. The van der Waals surface area contributed by atoms with Crippen molar-refractivity contribution < 1.29 is 4.52 Å². The molecule has 1 heterocycles. The first-order chi connectivity index (χ1) is 3.39. The highest BCUT2D eigenvalue weighted by Gasteiger charge is 1.75. The molecule has 0 saturated heterocycles. The fourth-order valence-corrected chi connectivity index (χ4v) is 0.220. The Morgan fingerprint density at radius 2 is 2.43 bits per heavy atom. The van der Waals surface area contributed by atoms with Gasteiger partial charge in [-0.1, -0.05) is 5.16 Å². The van der Waals surface area contributed by atoms with Gasteiger partial charge in [-0.3, -0.25) is 4.52 Å². The second-order valence-corrected chi connectivity index (χ2v) is 0.890. The predicted octanol–water partition coefficient (Wildman–Crippen LogP) is -0.570. The first kappa shape index (κ1) is 3.98. The average Bonchev–Trinajstić information content (AvgIpc) is 1.69. The molecule has 0 aliphatic carbocycles. The Bertz CT molecular complexity index is 177. The van der Waals surface area contributed by atoms with Gasteiger partial charge in [0, 0.05) is 0 Å². The molecule has 0 aliphatic rings. The quantitative estimate of drug-likeness (QED) is 0.436. The van der Waals surface area contributed by atoms with E-state index in [1.807, 2.05) is 0 Å². The van der Waals surface area contributed by atoms with Gasteiger partial charge >= 0.3 is 5.76 Å². The van der Waals surface area contributed by atoms with Crippen molar-refractivity contribution in [3.63, 3.8) is 0 Å². The summed E-state index contributed by atoms with van der Waals surface area (Å²) >= 11 is 0. The van der Waals surface area contributed by atoms with Gasteiger partial charge in [0.05, 0.1) is 12.4 Å². The molecule has 0 aromatic carbocycles. The van der Waals surface area contributed by atoms with Crippen LogP contribution in [0.3, 0.4) is 0 Å². The van der Waals surface area contributed by atoms with Crippen molar-refractivity contribution in [2.24, 2.45) is 0 Å². The number of nitrogens with zero attached hydrogens (tertiary/aromatic N) is 2. The van der Waals surface area contributed by atoms with Crippen LogP contribution in [0.5, 0.6) is 0 Å². The van der Waals surface area contributed by atoms with Gasteiger partial charge in [-0.25, -0.2) is 4.79 Å². The summed E-state index contributed by atoms with van der Waals surface area (Å²) < 4.78 is 4.01. The van der Waals surface area contributed by atoms with Crippen LogP contribution in [0.2, 0.25) is 0 Å². The molecule has 0 atom stereocenters. The van der Waals surface area contributed by atoms with E-state index in [0.29, 0.717) is 0 Å². The molecule has 36 valence electrons. The fraction of sp³-hybridized carbons (Fsp3) is 0. The number of hydrogen-bond acceptors (Lipinski definition) is 4. The second kappa shape index (κ2) is 1.51. The van der Waals surface area contributed by atoms with Crippen molar-refractivity contribution >= 4 is 0 Å². The van der Waals surface area contributed by atoms with Crippen LogP contribution in [0.4, 0.5) is 0 Å². The molecule has 0 fully saturated rings. The minimum absolute atomic E-state index is 0.664. The highest BCUT2D eigenvalue weighted by atomic mass is 16.5. The van der Waals surface area contributed by atoms with Crippen LogP contribution in [0.15, 0.2) is 21.7 Å². The molecule has 0 amide bonds. The van der Waals surface area contributed by atoms with Crippen molar-refractivity contribution in [3.05, 3.63) is 22.9 Å². The van der Waals surface area contributed by atoms with Gasteiger partial charge in [0.1, 0.15) is 0 Å². The monoisotopic (exact) mass is 98.0 g/mol. The lowest BCUT2D eigenvalue weighted by Crippen LogP contribution is -2.01. The normalized spacial score (nSPS) is 8.57.